The van der Waals surface area contributed by atoms with Crippen LogP contribution in [0.2, 0.25) is 0 Å². The molecule has 0 bridgehead atoms. The lowest BCUT2D eigenvalue weighted by molar-refractivity contribution is -0.147. The Balaban J connectivity index is 1.10. The Kier molecular flexibility index (Phi) is 10.2. The standard InChI is InChI=1S/C40H36F4N4O7/c1-20-25(6-3-8-27(20)36-47-30-12-22(16-46-24-18-50-19-24)32(54-39(41)42)14-34(30)52-36)26-7-4-9-28(21(26)2)37-48-31-13-23(17-51-38(49)29-10-5-11-45-29)33(55-40(43)44)15-35(31)53-37/h3-4,6-9,12-15,24,29,39-40,45-46H,5,10-11,16-19H2,1-2H3/t29-/m0/s1. The molecule has 0 spiro atoms. The highest BCUT2D eigenvalue weighted by molar-refractivity contribution is 5.85. The second-order valence-electron chi connectivity index (χ2n) is 13.5. The van der Waals surface area contributed by atoms with Gasteiger partial charge in [0.15, 0.2) is 11.2 Å². The number of oxazole rings is 2. The maximum Gasteiger partial charge on any atom is 0.387 e. The van der Waals surface area contributed by atoms with E-state index in [9.17, 15) is 22.4 Å². The first-order valence-corrected chi connectivity index (χ1v) is 17.8. The van der Waals surface area contributed by atoms with Gasteiger partial charge in [-0.25, -0.2) is 9.97 Å². The molecule has 0 radical (unpaired) electrons. The summed E-state index contributed by atoms with van der Waals surface area (Å²) >= 11 is 0. The first-order valence-electron chi connectivity index (χ1n) is 17.8. The number of esters is 1. The number of nitrogens with zero attached hydrogens (tertiary/aromatic N) is 2. The second kappa shape index (κ2) is 15.3. The highest BCUT2D eigenvalue weighted by Gasteiger charge is 2.26. The molecule has 4 aromatic carbocycles. The number of carbonyl (C=O) groups is 1. The van der Waals surface area contributed by atoms with Crippen molar-refractivity contribution in [3.63, 3.8) is 0 Å². The summed E-state index contributed by atoms with van der Waals surface area (Å²) in [6.07, 6.45) is 1.49. The number of alkyl halides is 4. The fourth-order valence-electron chi connectivity index (χ4n) is 6.95. The molecule has 0 amide bonds. The normalized spacial score (nSPS) is 16.0. The van der Waals surface area contributed by atoms with Gasteiger partial charge in [0.2, 0.25) is 11.8 Å². The molecule has 2 aliphatic heterocycles. The Hall–Kier alpha value is -5.51. The summed E-state index contributed by atoms with van der Waals surface area (Å²) in [7, 11) is 0. The predicted octanol–water partition coefficient (Wildman–Crippen LogP) is 8.07. The van der Waals surface area contributed by atoms with Gasteiger partial charge < -0.3 is 38.4 Å². The van der Waals surface area contributed by atoms with Crippen molar-refractivity contribution in [3.8, 4) is 45.5 Å². The van der Waals surface area contributed by atoms with E-state index in [1.54, 1.807) is 6.07 Å². The molecule has 6 aromatic rings. The van der Waals surface area contributed by atoms with E-state index >= 15 is 0 Å². The number of carbonyl (C=O) groups excluding carboxylic acids is 1. The molecule has 2 N–H and O–H groups in total. The van der Waals surface area contributed by atoms with E-state index in [0.717, 1.165) is 28.7 Å². The summed E-state index contributed by atoms with van der Waals surface area (Å²) in [6, 6.07) is 17.0. The molecule has 286 valence electrons. The second-order valence-corrected chi connectivity index (χ2v) is 13.5. The fourth-order valence-corrected chi connectivity index (χ4v) is 6.95. The summed E-state index contributed by atoms with van der Waals surface area (Å²) in [6.45, 7) is -0.439. The van der Waals surface area contributed by atoms with Gasteiger partial charge in [-0.3, -0.25) is 4.79 Å². The van der Waals surface area contributed by atoms with Gasteiger partial charge in [0.25, 0.3) is 0 Å². The molecule has 11 nitrogen and oxygen atoms in total. The van der Waals surface area contributed by atoms with Gasteiger partial charge in [-0.1, -0.05) is 24.3 Å². The molecule has 2 aliphatic rings. The zero-order chi connectivity index (χ0) is 38.2. The molecule has 0 unspecified atom stereocenters. The zero-order valence-corrected chi connectivity index (χ0v) is 29.8. The maximum atomic E-state index is 13.4. The lowest BCUT2D eigenvalue weighted by Crippen LogP contribution is -2.45. The molecular formula is C40H36F4N4O7. The van der Waals surface area contributed by atoms with Crippen LogP contribution in [0.15, 0.2) is 69.5 Å². The lowest BCUT2D eigenvalue weighted by Gasteiger charge is -2.27. The van der Waals surface area contributed by atoms with Crippen LogP contribution in [0.4, 0.5) is 17.6 Å². The molecule has 15 heteroatoms. The Morgan fingerprint density at radius 2 is 1.36 bits per heavy atom. The highest BCUT2D eigenvalue weighted by atomic mass is 19.3. The number of hydrogen-bond donors (Lipinski definition) is 2. The zero-order valence-electron chi connectivity index (χ0n) is 29.8. The van der Waals surface area contributed by atoms with Gasteiger partial charge in [-0.15, -0.1) is 0 Å². The average molecular weight is 761 g/mol. The summed E-state index contributed by atoms with van der Waals surface area (Å²) in [5.74, 6) is -0.0691. The van der Waals surface area contributed by atoms with Crippen LogP contribution in [0.3, 0.4) is 0 Å². The number of benzene rings is 4. The van der Waals surface area contributed by atoms with Crippen LogP contribution in [0, 0.1) is 13.8 Å². The lowest BCUT2D eigenvalue weighted by atomic mass is 9.91. The van der Waals surface area contributed by atoms with Gasteiger partial charge >= 0.3 is 19.2 Å². The minimum absolute atomic E-state index is 0.00403. The number of hydrogen-bond acceptors (Lipinski definition) is 11. The van der Waals surface area contributed by atoms with Crippen molar-refractivity contribution in [2.45, 2.75) is 65.1 Å². The van der Waals surface area contributed by atoms with E-state index in [2.05, 4.69) is 15.6 Å². The quantitative estimate of drug-likeness (QED) is 0.0876. The van der Waals surface area contributed by atoms with E-state index in [-0.39, 0.29) is 47.7 Å². The predicted molar refractivity (Wildman–Crippen MR) is 193 cm³/mol. The first-order chi connectivity index (χ1) is 26.6. The van der Waals surface area contributed by atoms with Crippen molar-refractivity contribution in [2.75, 3.05) is 19.8 Å². The Morgan fingerprint density at radius 1 is 0.818 bits per heavy atom. The summed E-state index contributed by atoms with van der Waals surface area (Å²) < 4.78 is 86.0. The molecule has 2 aromatic heterocycles. The van der Waals surface area contributed by atoms with Gasteiger partial charge in [0.05, 0.1) is 19.3 Å². The monoisotopic (exact) mass is 760 g/mol. The largest absolute Gasteiger partial charge is 0.460 e. The van der Waals surface area contributed by atoms with Crippen LogP contribution in [-0.4, -0.2) is 61.0 Å². The van der Waals surface area contributed by atoms with Crippen LogP contribution in [0.5, 0.6) is 11.5 Å². The number of rotatable bonds is 13. The third-order valence-electron chi connectivity index (χ3n) is 9.93. The average Bonchev–Trinajstić information content (AvgIpc) is 3.90. The number of fused-ring (bicyclic) bond motifs is 2. The SMILES string of the molecule is Cc1c(-c2nc3cc(CNC4COC4)c(OC(F)F)cc3o2)cccc1-c1cccc(-c2nc3cc(COC(=O)[C@@H]4CCCN4)c(OC(F)F)cc3o2)c1C. The van der Waals surface area contributed by atoms with E-state index in [4.69, 9.17) is 32.8 Å². The fraction of sp³-hybridized carbons (Fsp3) is 0.325. The van der Waals surface area contributed by atoms with E-state index in [1.165, 1.54) is 18.2 Å². The minimum Gasteiger partial charge on any atom is -0.460 e. The molecule has 0 saturated carbocycles. The van der Waals surface area contributed by atoms with Gasteiger partial charge in [-0.05, 0) is 79.8 Å². The van der Waals surface area contributed by atoms with Crippen molar-refractivity contribution < 1.29 is 50.1 Å². The van der Waals surface area contributed by atoms with Crippen LogP contribution in [0.25, 0.3) is 56.2 Å². The summed E-state index contributed by atoms with van der Waals surface area (Å²) in [5.41, 5.74) is 6.92. The molecule has 2 fully saturated rings. The van der Waals surface area contributed by atoms with Crippen molar-refractivity contribution >= 4 is 28.2 Å². The molecule has 8 rings (SSSR count). The van der Waals surface area contributed by atoms with Gasteiger partial charge in [0.1, 0.15) is 35.2 Å². The Morgan fingerprint density at radius 3 is 1.87 bits per heavy atom. The highest BCUT2D eigenvalue weighted by Crippen LogP contribution is 2.39. The van der Waals surface area contributed by atoms with Crippen LogP contribution >= 0.6 is 0 Å². The van der Waals surface area contributed by atoms with Gasteiger partial charge in [0, 0.05) is 40.9 Å². The smallest absolute Gasteiger partial charge is 0.387 e. The molecule has 4 heterocycles. The number of nitrogens with one attached hydrogen (secondary N) is 2. The van der Waals surface area contributed by atoms with Crippen molar-refractivity contribution in [1.82, 2.24) is 20.6 Å². The maximum absolute atomic E-state index is 13.4. The number of aromatic nitrogens is 2. The van der Waals surface area contributed by atoms with Gasteiger partial charge in [-0.2, -0.15) is 17.6 Å². The van der Waals surface area contributed by atoms with Crippen molar-refractivity contribution in [2.24, 2.45) is 0 Å². The molecule has 1 atom stereocenters. The van der Waals surface area contributed by atoms with E-state index < -0.39 is 25.2 Å². The molecular weight excluding hydrogens is 724 g/mol. The summed E-state index contributed by atoms with van der Waals surface area (Å²) in [5, 5.41) is 6.33. The Bertz CT molecular complexity index is 2370. The number of halogens is 4. The molecule has 0 aliphatic carbocycles. The number of ether oxygens (including phenoxy) is 4. The van der Waals surface area contributed by atoms with E-state index in [1.807, 2.05) is 50.2 Å². The molecule has 2 saturated heterocycles. The first kappa shape index (κ1) is 36.5. The topological polar surface area (TPSA) is 130 Å². The van der Waals surface area contributed by atoms with Crippen molar-refractivity contribution in [1.29, 1.82) is 0 Å². The molecule has 55 heavy (non-hydrogen) atoms. The summed E-state index contributed by atoms with van der Waals surface area (Å²) in [4.78, 5) is 21.9. The van der Waals surface area contributed by atoms with Crippen molar-refractivity contribution in [3.05, 3.63) is 82.9 Å². The van der Waals surface area contributed by atoms with Crippen LogP contribution in [-0.2, 0) is 27.4 Å². The van der Waals surface area contributed by atoms with Crippen LogP contribution < -0.4 is 20.1 Å². The van der Waals surface area contributed by atoms with Crippen LogP contribution in [0.1, 0.15) is 35.1 Å². The van der Waals surface area contributed by atoms with E-state index in [0.29, 0.717) is 65.4 Å². The third-order valence-corrected chi connectivity index (χ3v) is 9.93. The minimum atomic E-state index is -3.11. The third kappa shape index (κ3) is 7.59. The Labute approximate surface area is 311 Å².